The average molecular weight is 190 g/mol. The van der Waals surface area contributed by atoms with E-state index in [1.807, 2.05) is 6.07 Å². The largest absolute Gasteiger partial charge is 0.292 e. The van der Waals surface area contributed by atoms with E-state index in [-0.39, 0.29) is 10.6 Å². The highest BCUT2D eigenvalue weighted by molar-refractivity contribution is 5.84. The Labute approximate surface area is 81.4 Å². The van der Waals surface area contributed by atoms with Gasteiger partial charge in [0.2, 0.25) is 0 Å². The summed E-state index contributed by atoms with van der Waals surface area (Å²) in [6.45, 7) is 2.84. The third kappa shape index (κ3) is 1.39. The molecule has 0 radical (unpaired) electrons. The summed E-state index contributed by atoms with van der Waals surface area (Å²) in [7, 11) is 0. The molecule has 1 unspecified atom stereocenters. The molecule has 72 valence electrons. The van der Waals surface area contributed by atoms with E-state index in [2.05, 4.69) is 11.9 Å². The molecule has 0 bridgehead atoms. The maximum absolute atomic E-state index is 10.5. The van der Waals surface area contributed by atoms with Crippen LogP contribution < -0.4 is 0 Å². The lowest BCUT2D eigenvalue weighted by Crippen LogP contribution is -2.08. The summed E-state index contributed by atoms with van der Waals surface area (Å²) in [6, 6.07) is 4.95. The first-order valence-corrected chi connectivity index (χ1v) is 4.46. The number of nitrogens with zero attached hydrogens (tertiary/aromatic N) is 2. The Morgan fingerprint density at radius 2 is 2.36 bits per heavy atom. The maximum atomic E-state index is 10.5. The molecule has 1 aliphatic rings. The Hall–Kier alpha value is -1.71. The molecule has 1 aliphatic heterocycles. The Kier molecular flexibility index (Phi) is 2.04. The highest BCUT2D eigenvalue weighted by Crippen LogP contribution is 2.26. The van der Waals surface area contributed by atoms with Gasteiger partial charge in [-0.05, 0) is 5.56 Å². The minimum Gasteiger partial charge on any atom is -0.292 e. The van der Waals surface area contributed by atoms with E-state index in [0.717, 1.165) is 17.7 Å². The van der Waals surface area contributed by atoms with Crippen molar-refractivity contribution in [3.63, 3.8) is 0 Å². The highest BCUT2D eigenvalue weighted by Gasteiger charge is 2.16. The number of aliphatic imine (C=N–C) groups is 1. The van der Waals surface area contributed by atoms with Gasteiger partial charge in [0.05, 0.1) is 4.92 Å². The molecule has 0 saturated carbocycles. The number of fused-ring (bicyclic) bond motifs is 1. The molecule has 4 heteroatoms. The van der Waals surface area contributed by atoms with Crippen LogP contribution in [0.25, 0.3) is 0 Å². The van der Waals surface area contributed by atoms with Crippen LogP contribution in [0.5, 0.6) is 0 Å². The lowest BCUT2D eigenvalue weighted by atomic mass is 9.94. The summed E-state index contributed by atoms with van der Waals surface area (Å²) < 4.78 is 0. The molecule has 1 aromatic rings. The molecule has 1 aromatic carbocycles. The lowest BCUT2D eigenvalue weighted by molar-refractivity contribution is -0.384. The van der Waals surface area contributed by atoms with Gasteiger partial charge < -0.3 is 0 Å². The molecule has 0 fully saturated rings. The molecule has 4 nitrogen and oxygen atoms in total. The summed E-state index contributed by atoms with van der Waals surface area (Å²) in [4.78, 5) is 14.3. The van der Waals surface area contributed by atoms with Gasteiger partial charge in [-0.2, -0.15) is 0 Å². The smallest absolute Gasteiger partial charge is 0.270 e. The normalized spacial score (nSPS) is 19.1. The standard InChI is InChI=1S/C10H10N2O2/c1-7-5-11-6-8-4-9(12(13)14)2-3-10(7)8/h2-4,6-7H,5H2,1H3. The van der Waals surface area contributed by atoms with Gasteiger partial charge in [-0.1, -0.05) is 13.0 Å². The molecule has 1 atom stereocenters. The van der Waals surface area contributed by atoms with Gasteiger partial charge in [0.25, 0.3) is 5.69 Å². The van der Waals surface area contributed by atoms with Crippen molar-refractivity contribution in [2.45, 2.75) is 12.8 Å². The molecule has 14 heavy (non-hydrogen) atoms. The van der Waals surface area contributed by atoms with Crippen molar-refractivity contribution >= 4 is 11.9 Å². The van der Waals surface area contributed by atoms with Crippen LogP contribution in [0.2, 0.25) is 0 Å². The SMILES string of the molecule is CC1CN=Cc2cc([N+](=O)[O-])ccc21. The first kappa shape index (κ1) is 8.87. The molecule has 1 heterocycles. The van der Waals surface area contributed by atoms with Gasteiger partial charge >= 0.3 is 0 Å². The molecule has 0 spiro atoms. The quantitative estimate of drug-likeness (QED) is 0.503. The van der Waals surface area contributed by atoms with Gasteiger partial charge in [-0.3, -0.25) is 15.1 Å². The second-order valence-corrected chi connectivity index (χ2v) is 3.47. The van der Waals surface area contributed by atoms with Crippen LogP contribution in [0, 0.1) is 10.1 Å². The first-order valence-electron chi connectivity index (χ1n) is 4.46. The van der Waals surface area contributed by atoms with Crippen LogP contribution in [-0.4, -0.2) is 17.7 Å². The minimum absolute atomic E-state index is 0.129. The van der Waals surface area contributed by atoms with E-state index >= 15 is 0 Å². The number of non-ortho nitro benzene ring substituents is 1. The zero-order valence-electron chi connectivity index (χ0n) is 7.80. The van der Waals surface area contributed by atoms with E-state index in [0.29, 0.717) is 5.92 Å². The summed E-state index contributed by atoms with van der Waals surface area (Å²) in [6.07, 6.45) is 1.71. The van der Waals surface area contributed by atoms with Crippen molar-refractivity contribution in [2.75, 3.05) is 6.54 Å². The second-order valence-electron chi connectivity index (χ2n) is 3.47. The van der Waals surface area contributed by atoms with Gasteiger partial charge in [-0.15, -0.1) is 0 Å². The van der Waals surface area contributed by atoms with Crippen molar-refractivity contribution in [1.29, 1.82) is 0 Å². The van der Waals surface area contributed by atoms with Crippen LogP contribution >= 0.6 is 0 Å². The molecule has 0 aromatic heterocycles. The van der Waals surface area contributed by atoms with Crippen LogP contribution in [-0.2, 0) is 0 Å². The second kappa shape index (κ2) is 3.21. The average Bonchev–Trinajstić information content (AvgIpc) is 2.17. The number of hydrogen-bond acceptors (Lipinski definition) is 3. The van der Waals surface area contributed by atoms with E-state index in [9.17, 15) is 10.1 Å². The summed E-state index contributed by atoms with van der Waals surface area (Å²) in [5, 5.41) is 10.5. The molecular formula is C10H10N2O2. The van der Waals surface area contributed by atoms with Crippen LogP contribution in [0.1, 0.15) is 24.0 Å². The molecule has 0 N–H and O–H groups in total. The monoisotopic (exact) mass is 190 g/mol. The number of hydrogen-bond donors (Lipinski definition) is 0. The number of nitro groups is 1. The van der Waals surface area contributed by atoms with Gasteiger partial charge in [-0.25, -0.2) is 0 Å². The fourth-order valence-corrected chi connectivity index (χ4v) is 1.64. The number of nitro benzene ring substituents is 1. The Bertz CT molecular complexity index is 413. The van der Waals surface area contributed by atoms with E-state index in [1.165, 1.54) is 0 Å². The summed E-state index contributed by atoms with van der Waals surface area (Å²) in [5.41, 5.74) is 2.15. The Morgan fingerprint density at radius 1 is 1.57 bits per heavy atom. The van der Waals surface area contributed by atoms with Crippen molar-refractivity contribution in [3.8, 4) is 0 Å². The predicted molar refractivity (Wildman–Crippen MR) is 54.0 cm³/mol. The summed E-state index contributed by atoms with van der Waals surface area (Å²) >= 11 is 0. The van der Waals surface area contributed by atoms with Crippen molar-refractivity contribution in [1.82, 2.24) is 0 Å². The maximum Gasteiger partial charge on any atom is 0.270 e. The summed E-state index contributed by atoms with van der Waals surface area (Å²) in [5.74, 6) is 0.357. The van der Waals surface area contributed by atoms with Crippen LogP contribution in [0.3, 0.4) is 0 Å². The fourth-order valence-electron chi connectivity index (χ4n) is 1.64. The predicted octanol–water partition coefficient (Wildman–Crippen LogP) is 2.13. The van der Waals surface area contributed by atoms with Crippen LogP contribution in [0.4, 0.5) is 5.69 Å². The highest BCUT2D eigenvalue weighted by atomic mass is 16.6. The van der Waals surface area contributed by atoms with E-state index < -0.39 is 0 Å². The topological polar surface area (TPSA) is 55.5 Å². The van der Waals surface area contributed by atoms with Crippen molar-refractivity contribution in [3.05, 3.63) is 39.4 Å². The molecule has 2 rings (SSSR count). The lowest BCUT2D eigenvalue weighted by Gasteiger charge is -2.16. The van der Waals surface area contributed by atoms with Gasteiger partial charge in [0.15, 0.2) is 0 Å². The minimum atomic E-state index is -0.382. The number of rotatable bonds is 1. The third-order valence-corrected chi connectivity index (χ3v) is 2.42. The zero-order chi connectivity index (χ0) is 10.1. The van der Waals surface area contributed by atoms with E-state index in [4.69, 9.17) is 0 Å². The molecule has 0 aliphatic carbocycles. The van der Waals surface area contributed by atoms with E-state index in [1.54, 1.807) is 18.3 Å². The molecule has 0 saturated heterocycles. The van der Waals surface area contributed by atoms with Gasteiger partial charge in [0, 0.05) is 36.4 Å². The first-order chi connectivity index (χ1) is 6.68. The molecule has 0 amide bonds. The van der Waals surface area contributed by atoms with Crippen LogP contribution in [0.15, 0.2) is 23.2 Å². The fraction of sp³-hybridized carbons (Fsp3) is 0.300. The Morgan fingerprint density at radius 3 is 3.07 bits per heavy atom. The third-order valence-electron chi connectivity index (χ3n) is 2.42. The van der Waals surface area contributed by atoms with Crippen molar-refractivity contribution in [2.24, 2.45) is 4.99 Å². The van der Waals surface area contributed by atoms with Crippen molar-refractivity contribution < 1.29 is 4.92 Å². The number of benzene rings is 1. The van der Waals surface area contributed by atoms with Gasteiger partial charge in [0.1, 0.15) is 0 Å². The Balaban J connectivity index is 2.50. The zero-order valence-corrected chi connectivity index (χ0v) is 7.80. The molecular weight excluding hydrogens is 180 g/mol.